The highest BCUT2D eigenvalue weighted by molar-refractivity contribution is 7.91. The van der Waals surface area contributed by atoms with E-state index < -0.39 is 10.0 Å². The zero-order valence-electron chi connectivity index (χ0n) is 11.3. The Bertz CT molecular complexity index is 482. The molecular formula is C11H21N3O2S2. The van der Waals surface area contributed by atoms with E-state index >= 15 is 0 Å². The molecule has 5 nitrogen and oxygen atoms in total. The van der Waals surface area contributed by atoms with Crippen LogP contribution in [0.2, 0.25) is 0 Å². The van der Waals surface area contributed by atoms with Crippen molar-refractivity contribution in [2.75, 3.05) is 32.9 Å². The molecule has 0 aliphatic heterocycles. The molecule has 0 saturated heterocycles. The molecule has 7 heteroatoms. The molecule has 0 radical (unpaired) electrons. The third-order valence-corrected chi connectivity index (χ3v) is 6.11. The average molecular weight is 291 g/mol. The van der Waals surface area contributed by atoms with Crippen molar-refractivity contribution in [3.63, 3.8) is 0 Å². The second-order valence-corrected chi connectivity index (χ2v) is 7.55. The third kappa shape index (κ3) is 3.44. The third-order valence-electron chi connectivity index (χ3n) is 2.59. The summed E-state index contributed by atoms with van der Waals surface area (Å²) in [6, 6.07) is 1.45. The van der Waals surface area contributed by atoms with Gasteiger partial charge in [-0.05, 0) is 27.1 Å². The van der Waals surface area contributed by atoms with Crippen LogP contribution < -0.4 is 5.73 Å². The highest BCUT2D eigenvalue weighted by atomic mass is 32.2. The lowest BCUT2D eigenvalue weighted by molar-refractivity contribution is 0.272. The summed E-state index contributed by atoms with van der Waals surface area (Å²) in [6.07, 6.45) is 0. The highest BCUT2D eigenvalue weighted by Gasteiger charge is 2.29. The van der Waals surface area contributed by atoms with Gasteiger partial charge in [0.25, 0.3) is 10.0 Å². The fraction of sp³-hybridized carbons (Fsp3) is 0.636. The van der Waals surface area contributed by atoms with Crippen molar-refractivity contribution in [2.24, 2.45) is 0 Å². The average Bonchev–Trinajstić information content (AvgIpc) is 2.64. The number of sulfonamides is 1. The Morgan fingerprint density at radius 3 is 2.44 bits per heavy atom. The van der Waals surface area contributed by atoms with Crippen molar-refractivity contribution in [2.45, 2.75) is 24.1 Å². The highest BCUT2D eigenvalue weighted by Crippen LogP contribution is 2.26. The second kappa shape index (κ2) is 6.01. The molecule has 0 fully saturated rings. The zero-order chi connectivity index (χ0) is 13.9. The maximum absolute atomic E-state index is 12.5. The molecule has 104 valence electrons. The zero-order valence-corrected chi connectivity index (χ0v) is 12.9. The van der Waals surface area contributed by atoms with Gasteiger partial charge in [0.15, 0.2) is 0 Å². The summed E-state index contributed by atoms with van der Waals surface area (Å²) in [7, 11) is 0.431. The number of nitrogen functional groups attached to an aromatic ring is 1. The minimum Gasteiger partial charge on any atom is -0.398 e. The number of likely N-dealkylation sites (N-methyl/N-ethyl adjacent to an activating group) is 2. The summed E-state index contributed by atoms with van der Waals surface area (Å²) >= 11 is 1.17. The number of anilines is 1. The van der Waals surface area contributed by atoms with Crippen molar-refractivity contribution < 1.29 is 8.42 Å². The Balaban J connectivity index is 3.00. The summed E-state index contributed by atoms with van der Waals surface area (Å²) in [4.78, 5) is 1.98. The van der Waals surface area contributed by atoms with Crippen LogP contribution in [0.3, 0.4) is 0 Å². The summed E-state index contributed by atoms with van der Waals surface area (Å²) in [6.45, 7) is 4.90. The van der Waals surface area contributed by atoms with E-state index in [1.54, 1.807) is 5.38 Å². The van der Waals surface area contributed by atoms with Crippen LogP contribution >= 0.6 is 11.3 Å². The molecule has 1 aromatic rings. The molecule has 1 heterocycles. The van der Waals surface area contributed by atoms with Crippen LogP contribution in [0.15, 0.2) is 15.7 Å². The largest absolute Gasteiger partial charge is 0.398 e. The van der Waals surface area contributed by atoms with Crippen LogP contribution in [0.5, 0.6) is 0 Å². The van der Waals surface area contributed by atoms with E-state index in [-0.39, 0.29) is 6.04 Å². The number of rotatable bonds is 6. The molecule has 1 aromatic heterocycles. The Hall–Kier alpha value is -0.630. The van der Waals surface area contributed by atoms with Gasteiger partial charge in [0.05, 0.1) is 0 Å². The summed E-state index contributed by atoms with van der Waals surface area (Å²) in [5.74, 6) is 0. The first kappa shape index (κ1) is 15.4. The molecule has 0 spiro atoms. The maximum Gasteiger partial charge on any atom is 0.252 e. The summed E-state index contributed by atoms with van der Waals surface area (Å²) in [5, 5.41) is 1.65. The van der Waals surface area contributed by atoms with Crippen molar-refractivity contribution in [1.82, 2.24) is 9.21 Å². The maximum atomic E-state index is 12.5. The minimum atomic E-state index is -3.43. The second-order valence-electron chi connectivity index (χ2n) is 4.52. The molecule has 0 aliphatic carbocycles. The van der Waals surface area contributed by atoms with E-state index in [9.17, 15) is 8.42 Å². The van der Waals surface area contributed by atoms with Gasteiger partial charge in [-0.25, -0.2) is 8.42 Å². The number of thiophene rings is 1. The van der Waals surface area contributed by atoms with Gasteiger partial charge in [0.2, 0.25) is 0 Å². The van der Waals surface area contributed by atoms with Gasteiger partial charge in [-0.2, -0.15) is 4.31 Å². The van der Waals surface area contributed by atoms with Gasteiger partial charge in [0, 0.05) is 30.2 Å². The first-order chi connectivity index (χ1) is 8.28. The van der Waals surface area contributed by atoms with Crippen LogP contribution in [0.1, 0.15) is 13.8 Å². The standard InChI is InChI=1S/C11H21N3O2S2/c1-5-14(9(2)7-13(3)4)18(15,16)11-6-10(12)8-17-11/h6,8-9H,5,7,12H2,1-4H3. The fourth-order valence-corrected chi connectivity index (χ4v) is 4.76. The Morgan fingerprint density at radius 1 is 1.44 bits per heavy atom. The van der Waals surface area contributed by atoms with Crippen molar-refractivity contribution in [3.8, 4) is 0 Å². The molecule has 0 bridgehead atoms. The smallest absolute Gasteiger partial charge is 0.252 e. The van der Waals surface area contributed by atoms with Crippen LogP contribution in [-0.2, 0) is 10.0 Å². The molecule has 0 aliphatic rings. The lowest BCUT2D eigenvalue weighted by atomic mass is 10.3. The number of hydrogen-bond donors (Lipinski definition) is 1. The predicted molar refractivity (Wildman–Crippen MR) is 76.3 cm³/mol. The Morgan fingerprint density at radius 2 is 2.06 bits per heavy atom. The van der Waals surface area contributed by atoms with Crippen molar-refractivity contribution in [3.05, 3.63) is 11.4 Å². The summed E-state index contributed by atoms with van der Waals surface area (Å²) in [5.41, 5.74) is 6.09. The van der Waals surface area contributed by atoms with E-state index in [1.165, 1.54) is 21.7 Å². The monoisotopic (exact) mass is 291 g/mol. The van der Waals surface area contributed by atoms with E-state index in [2.05, 4.69) is 0 Å². The van der Waals surface area contributed by atoms with E-state index in [0.717, 1.165) is 0 Å². The summed E-state index contributed by atoms with van der Waals surface area (Å²) < 4.78 is 26.7. The van der Waals surface area contributed by atoms with Crippen LogP contribution in [-0.4, -0.2) is 50.8 Å². The predicted octanol–water partition coefficient (Wildman–Crippen LogP) is 1.29. The molecule has 1 atom stereocenters. The normalized spacial score (nSPS) is 14.3. The van der Waals surface area contributed by atoms with Gasteiger partial charge in [-0.1, -0.05) is 6.92 Å². The SMILES string of the molecule is CCN(C(C)CN(C)C)S(=O)(=O)c1cc(N)cs1. The van der Waals surface area contributed by atoms with Crippen LogP contribution in [0.25, 0.3) is 0 Å². The molecule has 2 N–H and O–H groups in total. The molecule has 1 rings (SSSR count). The Labute approximate surface area is 113 Å². The molecule has 0 amide bonds. The fourth-order valence-electron chi connectivity index (χ4n) is 1.92. The molecule has 0 aromatic carbocycles. The quantitative estimate of drug-likeness (QED) is 0.857. The van der Waals surface area contributed by atoms with E-state index in [1.807, 2.05) is 32.8 Å². The van der Waals surface area contributed by atoms with Crippen molar-refractivity contribution in [1.29, 1.82) is 0 Å². The molecule has 18 heavy (non-hydrogen) atoms. The van der Waals surface area contributed by atoms with Gasteiger partial charge < -0.3 is 10.6 Å². The molecule has 0 saturated carbocycles. The number of nitrogens with zero attached hydrogens (tertiary/aromatic N) is 2. The van der Waals surface area contributed by atoms with Gasteiger partial charge in [-0.15, -0.1) is 11.3 Å². The van der Waals surface area contributed by atoms with Gasteiger partial charge >= 0.3 is 0 Å². The first-order valence-corrected chi connectivity index (χ1v) is 8.11. The number of hydrogen-bond acceptors (Lipinski definition) is 5. The van der Waals surface area contributed by atoms with Crippen molar-refractivity contribution >= 4 is 27.0 Å². The topological polar surface area (TPSA) is 66.6 Å². The van der Waals surface area contributed by atoms with Gasteiger partial charge in [0.1, 0.15) is 4.21 Å². The first-order valence-electron chi connectivity index (χ1n) is 5.79. The molecular weight excluding hydrogens is 270 g/mol. The molecule has 1 unspecified atom stereocenters. The van der Waals surface area contributed by atoms with Gasteiger partial charge in [-0.3, -0.25) is 0 Å². The van der Waals surface area contributed by atoms with E-state index in [4.69, 9.17) is 5.73 Å². The lowest BCUT2D eigenvalue weighted by Crippen LogP contribution is -2.43. The van der Waals surface area contributed by atoms with Crippen LogP contribution in [0, 0.1) is 0 Å². The Kier molecular flexibility index (Phi) is 5.15. The number of nitrogens with two attached hydrogens (primary N) is 1. The van der Waals surface area contributed by atoms with Crippen LogP contribution in [0.4, 0.5) is 5.69 Å². The van der Waals surface area contributed by atoms with E-state index in [0.29, 0.717) is 23.0 Å². The lowest BCUT2D eigenvalue weighted by Gasteiger charge is -2.28. The minimum absolute atomic E-state index is 0.0710.